The Labute approximate surface area is 119 Å². The van der Waals surface area contributed by atoms with E-state index in [0.29, 0.717) is 11.8 Å². The Morgan fingerprint density at radius 2 is 1.84 bits per heavy atom. The predicted molar refractivity (Wildman–Crippen MR) is 86.4 cm³/mol. The van der Waals surface area contributed by atoms with Crippen LogP contribution in [0.2, 0.25) is 0 Å². The second-order valence-corrected chi connectivity index (χ2v) is 6.19. The molecule has 1 heteroatoms. The van der Waals surface area contributed by atoms with Crippen molar-refractivity contribution in [2.45, 2.75) is 41.5 Å². The Morgan fingerprint density at radius 3 is 2.42 bits per heavy atom. The van der Waals surface area contributed by atoms with Crippen LogP contribution in [0.4, 0.5) is 0 Å². The molecule has 0 aromatic heterocycles. The normalized spacial score (nSPS) is 12.5. The van der Waals surface area contributed by atoms with Crippen molar-refractivity contribution in [2.24, 2.45) is 11.8 Å². The molecule has 0 saturated carbocycles. The van der Waals surface area contributed by atoms with E-state index in [-0.39, 0.29) is 0 Å². The van der Waals surface area contributed by atoms with Gasteiger partial charge in [-0.2, -0.15) is 0 Å². The van der Waals surface area contributed by atoms with E-state index in [9.17, 15) is 0 Å². The fraction of sp³-hybridized carbons (Fsp3) is 0.556. The van der Waals surface area contributed by atoms with Gasteiger partial charge in [0.25, 0.3) is 0 Å². The summed E-state index contributed by atoms with van der Waals surface area (Å²) in [4.78, 5) is 0. The lowest BCUT2D eigenvalue weighted by Gasteiger charge is -2.15. The van der Waals surface area contributed by atoms with Crippen LogP contribution in [0.15, 0.2) is 23.8 Å². The number of hydrogen-bond donors (Lipinski definition) is 1. The van der Waals surface area contributed by atoms with Gasteiger partial charge in [-0.05, 0) is 48.9 Å². The minimum Gasteiger partial charge on any atom is -0.313 e. The van der Waals surface area contributed by atoms with Crippen molar-refractivity contribution in [3.05, 3.63) is 40.5 Å². The van der Waals surface area contributed by atoms with E-state index in [0.717, 1.165) is 13.1 Å². The zero-order valence-electron chi connectivity index (χ0n) is 13.4. The first-order valence-corrected chi connectivity index (χ1v) is 7.39. The van der Waals surface area contributed by atoms with Crippen LogP contribution in [0.3, 0.4) is 0 Å². The Kier molecular flexibility index (Phi) is 6.30. The standard InChI is InChI=1S/C18H29N/c1-13(2)11-19-12-18(14(3)4)10-17-9-7-8-15(5)16(17)6/h7-10,13-14,19H,11-12H2,1-6H3. The smallest absolute Gasteiger partial charge is 0.0170 e. The lowest BCUT2D eigenvalue weighted by Crippen LogP contribution is -2.23. The van der Waals surface area contributed by atoms with Crippen LogP contribution in [0.1, 0.15) is 44.4 Å². The minimum absolute atomic E-state index is 0.583. The van der Waals surface area contributed by atoms with Crippen molar-refractivity contribution in [1.82, 2.24) is 5.32 Å². The van der Waals surface area contributed by atoms with Gasteiger partial charge in [0.2, 0.25) is 0 Å². The van der Waals surface area contributed by atoms with Gasteiger partial charge in [0.1, 0.15) is 0 Å². The summed E-state index contributed by atoms with van der Waals surface area (Å²) in [7, 11) is 0. The van der Waals surface area contributed by atoms with E-state index in [2.05, 4.69) is 71.1 Å². The molecule has 0 spiro atoms. The molecule has 0 aliphatic rings. The van der Waals surface area contributed by atoms with E-state index < -0.39 is 0 Å². The maximum Gasteiger partial charge on any atom is 0.0170 e. The number of aryl methyl sites for hydroxylation is 1. The van der Waals surface area contributed by atoms with E-state index in [1.807, 2.05) is 0 Å². The van der Waals surface area contributed by atoms with Gasteiger partial charge >= 0.3 is 0 Å². The van der Waals surface area contributed by atoms with Crippen molar-refractivity contribution >= 4 is 6.08 Å². The summed E-state index contributed by atoms with van der Waals surface area (Å²) in [6.45, 7) is 15.5. The Hall–Kier alpha value is -1.08. The average Bonchev–Trinajstić information content (AvgIpc) is 2.32. The largest absolute Gasteiger partial charge is 0.313 e. The fourth-order valence-electron chi connectivity index (χ4n) is 2.06. The van der Waals surface area contributed by atoms with Crippen LogP contribution >= 0.6 is 0 Å². The lowest BCUT2D eigenvalue weighted by atomic mass is 9.96. The number of rotatable bonds is 6. The molecule has 0 unspecified atom stereocenters. The van der Waals surface area contributed by atoms with Gasteiger partial charge in [-0.3, -0.25) is 0 Å². The number of benzene rings is 1. The zero-order chi connectivity index (χ0) is 14.4. The van der Waals surface area contributed by atoms with E-state index in [4.69, 9.17) is 0 Å². The first-order valence-electron chi connectivity index (χ1n) is 7.39. The minimum atomic E-state index is 0.583. The molecule has 1 aromatic carbocycles. The molecule has 0 heterocycles. The summed E-state index contributed by atoms with van der Waals surface area (Å²) in [5.74, 6) is 1.29. The summed E-state index contributed by atoms with van der Waals surface area (Å²) in [6.07, 6.45) is 2.36. The number of hydrogen-bond acceptors (Lipinski definition) is 1. The third-order valence-corrected chi connectivity index (χ3v) is 3.61. The molecule has 0 saturated heterocycles. The molecular formula is C18H29N. The van der Waals surface area contributed by atoms with Crippen LogP contribution in [0.5, 0.6) is 0 Å². The van der Waals surface area contributed by atoms with Crippen LogP contribution in [0.25, 0.3) is 6.08 Å². The molecule has 0 amide bonds. The molecule has 106 valence electrons. The Morgan fingerprint density at radius 1 is 1.16 bits per heavy atom. The van der Waals surface area contributed by atoms with Crippen LogP contribution < -0.4 is 5.32 Å². The third kappa shape index (κ3) is 5.20. The summed E-state index contributed by atoms with van der Waals surface area (Å²) in [6, 6.07) is 6.54. The van der Waals surface area contributed by atoms with Crippen molar-refractivity contribution in [3.8, 4) is 0 Å². The Bertz CT molecular complexity index is 427. The molecule has 0 aliphatic carbocycles. The molecule has 19 heavy (non-hydrogen) atoms. The van der Waals surface area contributed by atoms with E-state index >= 15 is 0 Å². The predicted octanol–water partition coefficient (Wildman–Crippen LogP) is 4.59. The van der Waals surface area contributed by atoms with Gasteiger partial charge in [-0.25, -0.2) is 0 Å². The first kappa shape index (κ1) is 16.0. The summed E-state index contributed by atoms with van der Waals surface area (Å²) in [5.41, 5.74) is 5.60. The highest BCUT2D eigenvalue weighted by atomic mass is 14.9. The zero-order valence-corrected chi connectivity index (χ0v) is 13.4. The van der Waals surface area contributed by atoms with Gasteiger partial charge < -0.3 is 5.32 Å². The Balaban J connectivity index is 2.86. The fourth-order valence-corrected chi connectivity index (χ4v) is 2.06. The van der Waals surface area contributed by atoms with Crippen molar-refractivity contribution < 1.29 is 0 Å². The summed E-state index contributed by atoms with van der Waals surface area (Å²) >= 11 is 0. The molecule has 0 bridgehead atoms. The van der Waals surface area contributed by atoms with Gasteiger partial charge in [-0.1, -0.05) is 57.5 Å². The third-order valence-electron chi connectivity index (χ3n) is 3.61. The molecule has 0 fully saturated rings. The first-order chi connectivity index (χ1) is 8.91. The SMILES string of the molecule is Cc1cccc(C=C(CNCC(C)C)C(C)C)c1C. The van der Waals surface area contributed by atoms with Gasteiger partial charge in [0.05, 0.1) is 0 Å². The van der Waals surface area contributed by atoms with Gasteiger partial charge in [0.15, 0.2) is 0 Å². The van der Waals surface area contributed by atoms with Crippen molar-refractivity contribution in [1.29, 1.82) is 0 Å². The van der Waals surface area contributed by atoms with Crippen LogP contribution in [0, 0.1) is 25.7 Å². The van der Waals surface area contributed by atoms with Gasteiger partial charge in [-0.15, -0.1) is 0 Å². The summed E-state index contributed by atoms with van der Waals surface area (Å²) in [5, 5.41) is 3.55. The summed E-state index contributed by atoms with van der Waals surface area (Å²) < 4.78 is 0. The average molecular weight is 259 g/mol. The molecular weight excluding hydrogens is 230 g/mol. The molecule has 1 N–H and O–H groups in total. The second kappa shape index (κ2) is 7.49. The quantitative estimate of drug-likeness (QED) is 0.788. The van der Waals surface area contributed by atoms with Crippen LogP contribution in [-0.2, 0) is 0 Å². The van der Waals surface area contributed by atoms with Crippen molar-refractivity contribution in [3.63, 3.8) is 0 Å². The van der Waals surface area contributed by atoms with Crippen molar-refractivity contribution in [2.75, 3.05) is 13.1 Å². The lowest BCUT2D eigenvalue weighted by molar-refractivity contribution is 0.558. The monoisotopic (exact) mass is 259 g/mol. The maximum atomic E-state index is 3.55. The molecule has 0 aliphatic heterocycles. The van der Waals surface area contributed by atoms with Crippen LogP contribution in [-0.4, -0.2) is 13.1 Å². The molecule has 0 radical (unpaired) electrons. The van der Waals surface area contributed by atoms with E-state index in [1.54, 1.807) is 0 Å². The van der Waals surface area contributed by atoms with Gasteiger partial charge in [0, 0.05) is 6.54 Å². The molecule has 1 aromatic rings. The molecule has 1 nitrogen and oxygen atoms in total. The highest BCUT2D eigenvalue weighted by Crippen LogP contribution is 2.19. The molecule has 0 atom stereocenters. The molecule has 1 rings (SSSR count). The number of nitrogens with one attached hydrogen (secondary N) is 1. The topological polar surface area (TPSA) is 12.0 Å². The van der Waals surface area contributed by atoms with E-state index in [1.165, 1.54) is 22.3 Å². The highest BCUT2D eigenvalue weighted by molar-refractivity contribution is 5.58. The maximum absolute atomic E-state index is 3.55. The highest BCUT2D eigenvalue weighted by Gasteiger charge is 2.06. The second-order valence-electron chi connectivity index (χ2n) is 6.19.